The fourth-order valence-corrected chi connectivity index (χ4v) is 5.70. The van der Waals surface area contributed by atoms with Gasteiger partial charge in [0, 0.05) is 5.56 Å². The van der Waals surface area contributed by atoms with Crippen LogP contribution in [0.1, 0.15) is 68.4 Å². The van der Waals surface area contributed by atoms with E-state index in [0.717, 1.165) is 29.5 Å². The number of phenols is 1. The van der Waals surface area contributed by atoms with Crippen LogP contribution in [0.4, 0.5) is 0 Å². The Morgan fingerprint density at radius 3 is 1.85 bits per heavy atom. The lowest BCUT2D eigenvalue weighted by atomic mass is 9.62. The van der Waals surface area contributed by atoms with Gasteiger partial charge in [0.05, 0.1) is 0 Å². The Bertz CT molecular complexity index is 1180. The highest BCUT2D eigenvalue weighted by atomic mass is 16.3. The normalized spacial score (nSPS) is 16.9. The summed E-state index contributed by atoms with van der Waals surface area (Å²) in [5, 5.41) is 9.86. The topological polar surface area (TPSA) is 63.3 Å². The van der Waals surface area contributed by atoms with Crippen LogP contribution in [-0.2, 0) is 0 Å². The van der Waals surface area contributed by atoms with Gasteiger partial charge in [0.25, 0.3) is 0 Å². The molecule has 4 rings (SSSR count). The van der Waals surface area contributed by atoms with E-state index in [2.05, 4.69) is 52.0 Å². The van der Waals surface area contributed by atoms with E-state index in [1.54, 1.807) is 18.2 Å². The standard InChI is InChI=1S/C30H33NO2/c1-29(2)17-25(18-30(3,4)19-29)27(22-12-14-26(32)15-13-22)21-10-8-20(9-11-21)23-6-5-7-24(16-23)28(31)33/h5-16,32H,17-19H2,1-4H3,(H2,31,33). The second-order valence-electron chi connectivity index (χ2n) is 10.9. The van der Waals surface area contributed by atoms with Crippen molar-refractivity contribution in [1.82, 2.24) is 0 Å². The number of amides is 1. The van der Waals surface area contributed by atoms with Crippen LogP contribution >= 0.6 is 0 Å². The molecule has 3 aromatic rings. The first-order chi connectivity index (χ1) is 15.5. The molecule has 1 aliphatic carbocycles. The van der Waals surface area contributed by atoms with Crippen LogP contribution in [0.15, 0.2) is 78.4 Å². The molecule has 3 aromatic carbocycles. The van der Waals surface area contributed by atoms with Crippen molar-refractivity contribution in [2.75, 3.05) is 0 Å². The Balaban J connectivity index is 1.81. The number of carbonyl (C=O) groups is 1. The summed E-state index contributed by atoms with van der Waals surface area (Å²) in [6.45, 7) is 9.43. The van der Waals surface area contributed by atoms with E-state index < -0.39 is 5.91 Å². The molecule has 3 heteroatoms. The number of allylic oxidation sites excluding steroid dienone is 1. The molecule has 170 valence electrons. The Morgan fingerprint density at radius 2 is 1.30 bits per heavy atom. The summed E-state index contributed by atoms with van der Waals surface area (Å²) in [6.07, 6.45) is 3.30. The van der Waals surface area contributed by atoms with Gasteiger partial charge in [0.1, 0.15) is 5.75 Å². The number of hydrogen-bond donors (Lipinski definition) is 2. The van der Waals surface area contributed by atoms with Gasteiger partial charge in [-0.2, -0.15) is 0 Å². The van der Waals surface area contributed by atoms with Crippen LogP contribution in [0.5, 0.6) is 5.75 Å². The number of aromatic hydroxyl groups is 1. The molecule has 0 radical (unpaired) electrons. The maximum Gasteiger partial charge on any atom is 0.248 e. The third kappa shape index (κ3) is 5.19. The summed E-state index contributed by atoms with van der Waals surface area (Å²) < 4.78 is 0. The molecule has 33 heavy (non-hydrogen) atoms. The fourth-order valence-electron chi connectivity index (χ4n) is 5.70. The van der Waals surface area contributed by atoms with Gasteiger partial charge in [-0.05, 0) is 82.2 Å². The molecule has 3 nitrogen and oxygen atoms in total. The highest BCUT2D eigenvalue weighted by Gasteiger charge is 2.37. The largest absolute Gasteiger partial charge is 0.508 e. The lowest BCUT2D eigenvalue weighted by Gasteiger charge is -2.43. The van der Waals surface area contributed by atoms with Crippen molar-refractivity contribution in [1.29, 1.82) is 0 Å². The van der Waals surface area contributed by atoms with Crippen LogP contribution in [0.2, 0.25) is 0 Å². The van der Waals surface area contributed by atoms with E-state index >= 15 is 0 Å². The van der Waals surface area contributed by atoms with E-state index in [1.807, 2.05) is 30.3 Å². The smallest absolute Gasteiger partial charge is 0.248 e. The maximum absolute atomic E-state index is 11.6. The number of hydrogen-bond acceptors (Lipinski definition) is 2. The van der Waals surface area contributed by atoms with Crippen molar-refractivity contribution in [2.45, 2.75) is 47.0 Å². The molecular formula is C30H33NO2. The highest BCUT2D eigenvalue weighted by molar-refractivity contribution is 5.94. The lowest BCUT2D eigenvalue weighted by molar-refractivity contribution is 0.1000. The molecule has 1 fully saturated rings. The van der Waals surface area contributed by atoms with Crippen molar-refractivity contribution in [3.05, 3.63) is 95.1 Å². The van der Waals surface area contributed by atoms with E-state index in [-0.39, 0.29) is 16.6 Å². The predicted molar refractivity (Wildman–Crippen MR) is 136 cm³/mol. The molecule has 0 atom stereocenters. The third-order valence-corrected chi connectivity index (χ3v) is 6.50. The maximum atomic E-state index is 11.6. The summed E-state index contributed by atoms with van der Waals surface area (Å²) in [5.74, 6) is -0.146. The second kappa shape index (κ2) is 8.55. The molecule has 0 unspecified atom stereocenters. The van der Waals surface area contributed by atoms with Gasteiger partial charge in [-0.15, -0.1) is 0 Å². The van der Waals surface area contributed by atoms with Gasteiger partial charge in [0.15, 0.2) is 0 Å². The Hall–Kier alpha value is -3.33. The van der Waals surface area contributed by atoms with Crippen LogP contribution in [0.25, 0.3) is 16.7 Å². The molecule has 0 spiro atoms. The minimum absolute atomic E-state index is 0.231. The monoisotopic (exact) mass is 439 g/mol. The predicted octanol–water partition coefficient (Wildman–Crippen LogP) is 7.20. The first-order valence-corrected chi connectivity index (χ1v) is 11.6. The third-order valence-electron chi connectivity index (χ3n) is 6.50. The van der Waals surface area contributed by atoms with Crippen LogP contribution in [0, 0.1) is 10.8 Å². The molecule has 0 heterocycles. The molecule has 1 amide bonds. The Kier molecular flexibility index (Phi) is 5.92. The lowest BCUT2D eigenvalue weighted by Crippen LogP contribution is -2.30. The molecule has 1 saturated carbocycles. The van der Waals surface area contributed by atoms with Crippen molar-refractivity contribution >= 4 is 11.5 Å². The van der Waals surface area contributed by atoms with Gasteiger partial charge in [0.2, 0.25) is 5.91 Å². The molecule has 1 aliphatic rings. The zero-order valence-corrected chi connectivity index (χ0v) is 20.0. The van der Waals surface area contributed by atoms with Crippen molar-refractivity contribution in [3.8, 4) is 16.9 Å². The average molecular weight is 440 g/mol. The molecule has 0 bridgehead atoms. The number of carbonyl (C=O) groups excluding carboxylic acids is 1. The van der Waals surface area contributed by atoms with Gasteiger partial charge in [-0.3, -0.25) is 4.79 Å². The molecule has 0 aliphatic heterocycles. The van der Waals surface area contributed by atoms with Crippen molar-refractivity contribution in [2.24, 2.45) is 16.6 Å². The molecule has 0 saturated heterocycles. The molecule has 3 N–H and O–H groups in total. The highest BCUT2D eigenvalue weighted by Crippen LogP contribution is 2.51. The summed E-state index contributed by atoms with van der Waals surface area (Å²) in [6, 6.07) is 23.5. The minimum atomic E-state index is -0.421. The summed E-state index contributed by atoms with van der Waals surface area (Å²) >= 11 is 0. The van der Waals surface area contributed by atoms with E-state index in [4.69, 9.17) is 5.73 Å². The number of nitrogens with two attached hydrogens (primary N) is 1. The van der Waals surface area contributed by atoms with Gasteiger partial charge in [-0.25, -0.2) is 0 Å². The first-order valence-electron chi connectivity index (χ1n) is 11.6. The minimum Gasteiger partial charge on any atom is -0.508 e. The quantitative estimate of drug-likeness (QED) is 0.451. The number of rotatable bonds is 4. The number of benzene rings is 3. The summed E-state index contributed by atoms with van der Waals surface area (Å²) in [7, 11) is 0. The Labute approximate surface area is 197 Å². The van der Waals surface area contributed by atoms with Crippen molar-refractivity contribution in [3.63, 3.8) is 0 Å². The molecular weight excluding hydrogens is 406 g/mol. The van der Waals surface area contributed by atoms with Gasteiger partial charge in [-0.1, -0.05) is 81.8 Å². The average Bonchev–Trinajstić information content (AvgIpc) is 2.74. The SMILES string of the molecule is CC1(C)CC(=C(c2ccc(O)cc2)c2ccc(-c3cccc(C(N)=O)c3)cc2)CC(C)(C)C1. The summed E-state index contributed by atoms with van der Waals surface area (Å²) in [5.41, 5.74) is 13.5. The van der Waals surface area contributed by atoms with Crippen molar-refractivity contribution < 1.29 is 9.90 Å². The van der Waals surface area contributed by atoms with Gasteiger partial charge >= 0.3 is 0 Å². The second-order valence-corrected chi connectivity index (χ2v) is 10.9. The van der Waals surface area contributed by atoms with Crippen LogP contribution in [-0.4, -0.2) is 11.0 Å². The number of primary amides is 1. The zero-order valence-electron chi connectivity index (χ0n) is 20.0. The van der Waals surface area contributed by atoms with E-state index in [0.29, 0.717) is 5.56 Å². The fraction of sp³-hybridized carbons (Fsp3) is 0.300. The van der Waals surface area contributed by atoms with Crippen LogP contribution in [0.3, 0.4) is 0 Å². The first kappa shape index (κ1) is 22.8. The molecule has 0 aromatic heterocycles. The number of phenolic OH excluding ortho intramolecular Hbond substituents is 1. The van der Waals surface area contributed by atoms with E-state index in [1.165, 1.54) is 23.1 Å². The van der Waals surface area contributed by atoms with Gasteiger partial charge < -0.3 is 10.8 Å². The van der Waals surface area contributed by atoms with E-state index in [9.17, 15) is 9.90 Å². The Morgan fingerprint density at radius 1 is 0.758 bits per heavy atom. The summed E-state index contributed by atoms with van der Waals surface area (Å²) in [4.78, 5) is 11.6. The van der Waals surface area contributed by atoms with Crippen LogP contribution < -0.4 is 5.73 Å². The zero-order chi connectivity index (χ0) is 23.8.